The van der Waals surface area contributed by atoms with E-state index in [9.17, 15) is 22.8 Å². The van der Waals surface area contributed by atoms with Crippen LogP contribution in [0.25, 0.3) is 6.08 Å². The molecule has 3 rings (SSSR count). The highest BCUT2D eigenvalue weighted by molar-refractivity contribution is 6.10. The fourth-order valence-corrected chi connectivity index (χ4v) is 4.83. The van der Waals surface area contributed by atoms with E-state index in [1.54, 1.807) is 55.8 Å². The number of ether oxygens (including phenoxy) is 1. The van der Waals surface area contributed by atoms with E-state index in [0.29, 0.717) is 35.7 Å². The van der Waals surface area contributed by atoms with Gasteiger partial charge in [-0.1, -0.05) is 44.2 Å². The van der Waals surface area contributed by atoms with Crippen molar-refractivity contribution in [1.29, 1.82) is 0 Å². The monoisotopic (exact) mass is 548 g/mol. The fraction of sp³-hybridized carbons (Fsp3) is 0.464. The summed E-state index contributed by atoms with van der Waals surface area (Å²) in [6.07, 6.45) is 0.760. The van der Waals surface area contributed by atoms with Crippen LogP contribution in [0.2, 0.25) is 0 Å². The van der Waals surface area contributed by atoms with Crippen LogP contribution in [0.5, 0.6) is 5.75 Å². The topological polar surface area (TPSA) is 104 Å². The Kier molecular flexibility index (Phi) is 9.60. The maximum atomic E-state index is 13.7. The first kappa shape index (κ1) is 29.9. The number of nitrogens with one attached hydrogen (secondary N) is 2. The third-order valence-corrected chi connectivity index (χ3v) is 6.95. The number of nitrogens with zero attached hydrogens (tertiary/aromatic N) is 2. The first-order chi connectivity index (χ1) is 18.5. The lowest BCUT2D eigenvalue weighted by molar-refractivity contribution is -0.168. The van der Waals surface area contributed by atoms with Crippen molar-refractivity contribution in [3.05, 3.63) is 54.2 Å². The van der Waals surface area contributed by atoms with Gasteiger partial charge in [0.15, 0.2) is 0 Å². The predicted molar refractivity (Wildman–Crippen MR) is 144 cm³/mol. The number of rotatable bonds is 13. The number of benzene rings is 1. The molecule has 2 heterocycles. The molecule has 2 amide bonds. The minimum atomic E-state index is -4.81. The average Bonchev–Trinajstić information content (AvgIpc) is 3.11. The molecule has 212 valence electrons. The standard InChI is InChI=1S/C28H35F3N4O4/c1-5-9-19(39-20-14-18(6-2)25(32-4)33-15-20)12-13-27(3)21-10-7-8-11-22(21)35(26(27)38)16-24(37)34-23(17-36)28(29,30)31/h6-8,10-11,14-15,19,23,36H,2,5,9,12-13,16-17H2,1,3-4H3,(H,32,33)(H,34,37)/t19?,23?,27-/m0/s1. The number of hydrogen-bond acceptors (Lipinski definition) is 6. The van der Waals surface area contributed by atoms with Crippen molar-refractivity contribution in [3.63, 3.8) is 0 Å². The Balaban J connectivity index is 1.78. The van der Waals surface area contributed by atoms with Gasteiger partial charge in [-0.05, 0) is 43.9 Å². The van der Waals surface area contributed by atoms with Crippen molar-refractivity contribution in [2.75, 3.05) is 30.4 Å². The maximum Gasteiger partial charge on any atom is 0.410 e. The number of hydrogen-bond donors (Lipinski definition) is 3. The molecule has 1 aliphatic heterocycles. The number of aliphatic hydroxyl groups is 1. The number of carbonyl (C=O) groups is 2. The van der Waals surface area contributed by atoms with Crippen LogP contribution in [0.15, 0.2) is 43.1 Å². The highest BCUT2D eigenvalue weighted by atomic mass is 19.4. The Morgan fingerprint density at radius 2 is 2.03 bits per heavy atom. The second-order valence-corrected chi connectivity index (χ2v) is 9.72. The molecule has 1 aromatic carbocycles. The van der Waals surface area contributed by atoms with Gasteiger partial charge < -0.3 is 25.4 Å². The van der Waals surface area contributed by atoms with Crippen molar-refractivity contribution < 1.29 is 32.6 Å². The molecule has 11 heteroatoms. The van der Waals surface area contributed by atoms with E-state index in [2.05, 4.69) is 16.9 Å². The van der Waals surface area contributed by atoms with Crippen LogP contribution >= 0.6 is 0 Å². The summed E-state index contributed by atoms with van der Waals surface area (Å²) in [5.74, 6) is -0.140. The van der Waals surface area contributed by atoms with Crippen LogP contribution in [-0.4, -0.2) is 60.4 Å². The normalized spacial score (nSPS) is 18.3. The van der Waals surface area contributed by atoms with Crippen molar-refractivity contribution in [1.82, 2.24) is 10.3 Å². The van der Waals surface area contributed by atoms with Gasteiger partial charge >= 0.3 is 6.18 Å². The highest BCUT2D eigenvalue weighted by Gasteiger charge is 2.48. The van der Waals surface area contributed by atoms with E-state index in [1.165, 1.54) is 4.90 Å². The van der Waals surface area contributed by atoms with Gasteiger partial charge in [-0.3, -0.25) is 9.59 Å². The summed E-state index contributed by atoms with van der Waals surface area (Å²) in [6, 6.07) is 6.39. The zero-order chi connectivity index (χ0) is 28.8. The molecule has 0 fully saturated rings. The van der Waals surface area contributed by atoms with Gasteiger partial charge in [0, 0.05) is 18.3 Å². The zero-order valence-corrected chi connectivity index (χ0v) is 22.3. The van der Waals surface area contributed by atoms with E-state index in [4.69, 9.17) is 9.84 Å². The second-order valence-electron chi connectivity index (χ2n) is 9.72. The number of alkyl halides is 3. The van der Waals surface area contributed by atoms with Crippen LogP contribution in [0.4, 0.5) is 24.7 Å². The number of pyridine rings is 1. The number of amides is 2. The largest absolute Gasteiger partial charge is 0.489 e. The number of aliphatic hydroxyl groups excluding tert-OH is 1. The van der Waals surface area contributed by atoms with Gasteiger partial charge in [-0.2, -0.15) is 13.2 Å². The lowest BCUT2D eigenvalue weighted by Crippen LogP contribution is -2.52. The van der Waals surface area contributed by atoms with Gasteiger partial charge in [0.25, 0.3) is 0 Å². The Labute approximate surface area is 226 Å². The molecule has 1 aliphatic rings. The van der Waals surface area contributed by atoms with Gasteiger partial charge in [0.1, 0.15) is 24.2 Å². The number of fused-ring (bicyclic) bond motifs is 1. The van der Waals surface area contributed by atoms with E-state index in [1.807, 2.05) is 13.0 Å². The Bertz CT molecular complexity index is 1190. The van der Waals surface area contributed by atoms with Crippen LogP contribution in [-0.2, 0) is 15.0 Å². The maximum absolute atomic E-state index is 13.7. The molecule has 39 heavy (non-hydrogen) atoms. The molecule has 1 aromatic heterocycles. The van der Waals surface area contributed by atoms with Gasteiger partial charge in [-0.25, -0.2) is 4.98 Å². The number of carbonyl (C=O) groups excluding carboxylic acids is 2. The van der Waals surface area contributed by atoms with Crippen molar-refractivity contribution >= 4 is 29.4 Å². The third kappa shape index (κ3) is 6.70. The molecule has 0 saturated carbocycles. The lowest BCUT2D eigenvalue weighted by Gasteiger charge is -2.27. The number of halogens is 3. The molecule has 0 saturated heterocycles. The highest BCUT2D eigenvalue weighted by Crippen LogP contribution is 2.45. The van der Waals surface area contributed by atoms with Crippen molar-refractivity contribution in [3.8, 4) is 5.75 Å². The van der Waals surface area contributed by atoms with Crippen LogP contribution in [0.3, 0.4) is 0 Å². The van der Waals surface area contributed by atoms with Crippen LogP contribution in [0, 0.1) is 0 Å². The molecule has 3 atom stereocenters. The smallest absolute Gasteiger partial charge is 0.410 e. The Morgan fingerprint density at radius 1 is 1.31 bits per heavy atom. The van der Waals surface area contributed by atoms with E-state index in [-0.39, 0.29) is 12.0 Å². The summed E-state index contributed by atoms with van der Waals surface area (Å²) in [6.45, 7) is 5.73. The van der Waals surface area contributed by atoms with Gasteiger partial charge in [0.05, 0.1) is 24.3 Å². The number of aromatic nitrogens is 1. The van der Waals surface area contributed by atoms with Crippen LogP contribution < -0.4 is 20.3 Å². The van der Waals surface area contributed by atoms with Crippen molar-refractivity contribution in [2.45, 2.75) is 63.3 Å². The van der Waals surface area contributed by atoms with E-state index >= 15 is 0 Å². The molecule has 0 radical (unpaired) electrons. The molecule has 3 N–H and O–H groups in total. The lowest BCUT2D eigenvalue weighted by atomic mass is 9.78. The molecule has 0 bridgehead atoms. The molecule has 8 nitrogen and oxygen atoms in total. The summed E-state index contributed by atoms with van der Waals surface area (Å²) < 4.78 is 45.3. The first-order valence-corrected chi connectivity index (χ1v) is 12.8. The zero-order valence-electron chi connectivity index (χ0n) is 22.3. The molecule has 2 unspecified atom stereocenters. The predicted octanol–water partition coefficient (Wildman–Crippen LogP) is 4.44. The Hall–Kier alpha value is -3.60. The van der Waals surface area contributed by atoms with Crippen LogP contribution in [0.1, 0.15) is 50.7 Å². The number of para-hydroxylation sites is 1. The SMILES string of the molecule is C=Cc1cc(OC(CCC)CC[C@]2(C)C(=O)N(CC(=O)NC(CO)C(F)(F)F)c3ccccc32)cnc1NC. The summed E-state index contributed by atoms with van der Waals surface area (Å²) in [5, 5.41) is 13.8. The van der Waals surface area contributed by atoms with Gasteiger partial charge in [0.2, 0.25) is 11.8 Å². The third-order valence-electron chi connectivity index (χ3n) is 6.95. The minimum absolute atomic E-state index is 0.221. The van der Waals surface area contributed by atoms with Gasteiger partial charge in [-0.15, -0.1) is 0 Å². The van der Waals surface area contributed by atoms with E-state index < -0.39 is 36.7 Å². The summed E-state index contributed by atoms with van der Waals surface area (Å²) in [4.78, 5) is 31.7. The molecule has 0 spiro atoms. The summed E-state index contributed by atoms with van der Waals surface area (Å²) in [7, 11) is 1.76. The fourth-order valence-electron chi connectivity index (χ4n) is 4.83. The molecule has 2 aromatic rings. The summed E-state index contributed by atoms with van der Waals surface area (Å²) in [5.41, 5.74) is 0.956. The molecular weight excluding hydrogens is 513 g/mol. The van der Waals surface area contributed by atoms with E-state index in [0.717, 1.165) is 18.4 Å². The molecule has 0 aliphatic carbocycles. The van der Waals surface area contributed by atoms with Crippen molar-refractivity contribution in [2.24, 2.45) is 0 Å². The summed E-state index contributed by atoms with van der Waals surface area (Å²) >= 11 is 0. The number of anilines is 2. The second kappa shape index (κ2) is 12.5. The molecular formula is C28H35F3N4O4. The first-order valence-electron chi connectivity index (χ1n) is 12.8. The quantitative estimate of drug-likeness (QED) is 0.342. The Morgan fingerprint density at radius 3 is 2.64 bits per heavy atom. The minimum Gasteiger partial charge on any atom is -0.489 e. The average molecular weight is 549 g/mol.